The van der Waals surface area contributed by atoms with E-state index < -0.39 is 84.8 Å². The van der Waals surface area contributed by atoms with Crippen LogP contribution in [0.1, 0.15) is 61.0 Å². The first-order chi connectivity index (χ1) is 36.4. The number of benzene rings is 7. The van der Waals surface area contributed by atoms with Gasteiger partial charge in [0.2, 0.25) is 0 Å². The second-order valence-electron chi connectivity index (χ2n) is 18.0. The van der Waals surface area contributed by atoms with Gasteiger partial charge in [0.25, 0.3) is 0 Å². The van der Waals surface area contributed by atoms with E-state index in [4.69, 9.17) is 47.4 Å². The number of esters is 3. The highest BCUT2D eigenvalue weighted by Crippen LogP contribution is 2.41. The molecule has 0 saturated carbocycles. The normalized spacial score (nSPS) is 25.6. The Morgan fingerprint density at radius 3 is 1.70 bits per heavy atom. The average Bonchev–Trinajstić information content (AvgIpc) is 3.46. The third kappa shape index (κ3) is 12.3. The zero-order valence-electron chi connectivity index (χ0n) is 40.6. The highest BCUT2D eigenvalue weighted by atomic mass is 32.2. The van der Waals surface area contributed by atoms with Crippen LogP contribution in [0.4, 0.5) is 0 Å². The summed E-state index contributed by atoms with van der Waals surface area (Å²) in [6.45, 7) is 2.20. The Balaban J connectivity index is 1.06. The molecule has 1 unspecified atom stereocenters. The van der Waals surface area contributed by atoms with E-state index in [1.54, 1.807) is 91.0 Å². The zero-order chi connectivity index (χ0) is 50.6. The van der Waals surface area contributed by atoms with Gasteiger partial charge in [0.05, 0.1) is 43.1 Å². The van der Waals surface area contributed by atoms with Crippen molar-refractivity contribution in [2.24, 2.45) is 0 Å². The summed E-state index contributed by atoms with van der Waals surface area (Å²) in [5, 5.41) is 2.09. The summed E-state index contributed by atoms with van der Waals surface area (Å²) in [7, 11) is 0. The quantitative estimate of drug-likeness (QED) is 0.0594. The topological polar surface area (TPSA) is 144 Å². The molecule has 0 aromatic heterocycles. The lowest BCUT2D eigenvalue weighted by Gasteiger charge is -2.51. The third-order valence-corrected chi connectivity index (χ3v) is 14.0. The Morgan fingerprint density at radius 2 is 1.08 bits per heavy atom. The van der Waals surface area contributed by atoms with Crippen LogP contribution in [-0.2, 0) is 60.6 Å². The molecule has 14 heteroatoms. The number of hydrogen-bond acceptors (Lipinski definition) is 14. The number of carbonyl (C=O) groups excluding carboxylic acids is 3. The Kier molecular flexibility index (Phi) is 16.8. The van der Waals surface area contributed by atoms with Gasteiger partial charge in [0.1, 0.15) is 36.0 Å². The van der Waals surface area contributed by atoms with Gasteiger partial charge in [-0.1, -0.05) is 159 Å². The molecule has 13 nitrogen and oxygen atoms in total. The smallest absolute Gasteiger partial charge is 0.338 e. The van der Waals surface area contributed by atoms with Crippen LogP contribution in [0.2, 0.25) is 0 Å². The second-order valence-corrected chi connectivity index (χ2v) is 19.4. The lowest BCUT2D eigenvalue weighted by atomic mass is 9.95. The van der Waals surface area contributed by atoms with Gasteiger partial charge in [-0.05, 0) is 70.1 Å². The number of rotatable bonds is 18. The molecule has 0 aliphatic carbocycles. The van der Waals surface area contributed by atoms with E-state index in [1.165, 1.54) is 11.8 Å². The molecule has 380 valence electrons. The van der Waals surface area contributed by atoms with Crippen LogP contribution in [0.5, 0.6) is 0 Å². The van der Waals surface area contributed by atoms with Crippen LogP contribution in [-0.4, -0.2) is 97.4 Å². The zero-order valence-corrected chi connectivity index (χ0v) is 41.4. The predicted molar refractivity (Wildman–Crippen MR) is 276 cm³/mol. The molecule has 74 heavy (non-hydrogen) atoms. The minimum Gasteiger partial charge on any atom is -0.452 e. The molecule has 3 aliphatic heterocycles. The predicted octanol–water partition coefficient (Wildman–Crippen LogP) is 10.3. The van der Waals surface area contributed by atoms with Crippen molar-refractivity contribution in [3.8, 4) is 0 Å². The maximum absolute atomic E-state index is 14.5. The van der Waals surface area contributed by atoms with Gasteiger partial charge in [0, 0.05) is 5.56 Å². The first-order valence-electron chi connectivity index (χ1n) is 24.8. The molecule has 0 N–H and O–H groups in total. The van der Waals surface area contributed by atoms with Gasteiger partial charge >= 0.3 is 17.9 Å². The van der Waals surface area contributed by atoms with Crippen molar-refractivity contribution in [2.75, 3.05) is 19.0 Å². The Hall–Kier alpha value is -6.72. The molecule has 0 bridgehead atoms. The molecular formula is C60H56O13S. The van der Waals surface area contributed by atoms with Crippen molar-refractivity contribution in [3.05, 3.63) is 228 Å². The molecule has 10 rings (SSSR count). The number of ether oxygens (including phenoxy) is 10. The fraction of sp³-hybridized carbons (Fsp3) is 0.283. The van der Waals surface area contributed by atoms with Crippen LogP contribution in [0, 0.1) is 0 Å². The molecule has 3 heterocycles. The summed E-state index contributed by atoms with van der Waals surface area (Å²) in [5.41, 5.74) is 2.46. The van der Waals surface area contributed by atoms with Gasteiger partial charge in [-0.3, -0.25) is 0 Å². The molecule has 0 radical (unpaired) electrons. The monoisotopic (exact) mass is 1020 g/mol. The molecule has 3 saturated heterocycles. The fourth-order valence-corrected chi connectivity index (χ4v) is 10.3. The van der Waals surface area contributed by atoms with Crippen molar-refractivity contribution in [3.63, 3.8) is 0 Å². The van der Waals surface area contributed by atoms with Gasteiger partial charge in [0.15, 0.2) is 30.9 Å². The van der Waals surface area contributed by atoms with E-state index in [2.05, 4.69) is 6.07 Å². The van der Waals surface area contributed by atoms with Crippen molar-refractivity contribution >= 4 is 40.4 Å². The Bertz CT molecular complexity index is 2920. The van der Waals surface area contributed by atoms with Crippen LogP contribution in [0.15, 0.2) is 194 Å². The first-order valence-corrected chi connectivity index (χ1v) is 25.8. The number of carbonyl (C=O) groups is 3. The summed E-state index contributed by atoms with van der Waals surface area (Å²) in [6.07, 6.45) is -11.3. The number of hydrogen-bond donors (Lipinski definition) is 0. The van der Waals surface area contributed by atoms with Crippen molar-refractivity contribution in [1.29, 1.82) is 0 Å². The van der Waals surface area contributed by atoms with Gasteiger partial charge in [-0.25, -0.2) is 14.4 Å². The molecular weight excluding hydrogens is 961 g/mol. The highest BCUT2D eigenvalue weighted by Gasteiger charge is 2.57. The number of thioether (sulfide) groups is 1. The third-order valence-electron chi connectivity index (χ3n) is 13.0. The van der Waals surface area contributed by atoms with E-state index in [9.17, 15) is 14.4 Å². The largest absolute Gasteiger partial charge is 0.452 e. The lowest BCUT2D eigenvalue weighted by Crippen LogP contribution is -2.67. The van der Waals surface area contributed by atoms with Crippen LogP contribution in [0.25, 0.3) is 10.8 Å². The van der Waals surface area contributed by atoms with E-state index in [0.717, 1.165) is 27.5 Å². The van der Waals surface area contributed by atoms with Crippen molar-refractivity contribution < 1.29 is 61.8 Å². The summed E-state index contributed by atoms with van der Waals surface area (Å²) >= 11 is 1.38. The van der Waals surface area contributed by atoms with Crippen LogP contribution < -0.4 is 0 Å². The van der Waals surface area contributed by atoms with E-state index in [0.29, 0.717) is 5.75 Å². The summed E-state index contributed by atoms with van der Waals surface area (Å²) in [5.74, 6) is -1.51. The minimum absolute atomic E-state index is 0.0308. The maximum atomic E-state index is 14.5. The average molecular weight is 1020 g/mol. The van der Waals surface area contributed by atoms with E-state index in [-0.39, 0.29) is 43.1 Å². The standard InChI is InChI=1S/C60H56O13S/c1-2-74-60-54(71-57(63)44-27-14-6-15-28-44)52(69-55(61)42-23-10-4-11-24-42)50(47(68-60)37-64-35-39-20-8-3-9-21-39)73-59-53(70-56(62)43-25-12-5-13-26-43)51(65-36-40-32-33-41-22-18-19-31-46(41)34-40)49-48(67-59)38-66-58(72-49)45-29-16-7-17-30-45/h3-34,47-54,58-60H,2,35-38H2,1H3/t47-,48-,49-,50-,51+,52+,53-,54-,58?,59+,60+/m1/s1. The molecule has 0 amide bonds. The lowest BCUT2D eigenvalue weighted by molar-refractivity contribution is -0.381. The fourth-order valence-electron chi connectivity index (χ4n) is 9.33. The Morgan fingerprint density at radius 1 is 0.527 bits per heavy atom. The highest BCUT2D eigenvalue weighted by molar-refractivity contribution is 7.99. The van der Waals surface area contributed by atoms with Gasteiger partial charge < -0.3 is 47.4 Å². The van der Waals surface area contributed by atoms with E-state index >= 15 is 0 Å². The molecule has 7 aromatic rings. The van der Waals surface area contributed by atoms with Crippen molar-refractivity contribution in [1.82, 2.24) is 0 Å². The molecule has 0 spiro atoms. The minimum atomic E-state index is -1.46. The molecule has 3 fully saturated rings. The molecule has 3 aliphatic rings. The maximum Gasteiger partial charge on any atom is 0.338 e. The first kappa shape index (κ1) is 50.8. The van der Waals surface area contributed by atoms with Crippen LogP contribution in [0.3, 0.4) is 0 Å². The summed E-state index contributed by atoms with van der Waals surface area (Å²) < 4.78 is 67.0. The number of fused-ring (bicyclic) bond motifs is 2. The van der Waals surface area contributed by atoms with E-state index in [1.807, 2.05) is 104 Å². The van der Waals surface area contributed by atoms with Crippen LogP contribution >= 0.6 is 11.8 Å². The van der Waals surface area contributed by atoms with Gasteiger partial charge in [-0.15, -0.1) is 11.8 Å². The van der Waals surface area contributed by atoms with Gasteiger partial charge in [-0.2, -0.15) is 0 Å². The van der Waals surface area contributed by atoms with Crippen molar-refractivity contribution in [2.45, 2.75) is 87.0 Å². The SMILES string of the molecule is CCS[C@@H]1O[C@H](COCc2ccccc2)[C@@H](O[C@@H]2O[C@@H]3COC(c4ccccc4)O[C@H]3[C@H](OCc3ccc4ccccc4c3)[C@H]2OC(=O)c2ccccc2)[C@H](OC(=O)c2ccccc2)[C@H]1OC(=O)c1ccccc1. The second kappa shape index (κ2) is 24.5. The Labute approximate surface area is 433 Å². The molecule has 7 aromatic carbocycles. The summed E-state index contributed by atoms with van der Waals surface area (Å²) in [4.78, 5) is 43.0. The summed E-state index contributed by atoms with van der Waals surface area (Å²) in [6, 6.07) is 58.9. The molecule has 11 atom stereocenters.